The SMILES string of the molecule is O=C([C@H]1CCCNC1)N1CCN(CCCOc2ccc(F)cc2)CC1. The van der Waals surface area contributed by atoms with Crippen molar-refractivity contribution in [3.05, 3.63) is 30.1 Å². The Hall–Kier alpha value is -1.66. The van der Waals surface area contributed by atoms with Crippen molar-refractivity contribution >= 4 is 5.91 Å². The molecule has 2 fully saturated rings. The molecular formula is C19H28FN3O2. The monoisotopic (exact) mass is 349 g/mol. The van der Waals surface area contributed by atoms with Gasteiger partial charge < -0.3 is 15.0 Å². The number of benzene rings is 1. The van der Waals surface area contributed by atoms with Crippen LogP contribution in [0.1, 0.15) is 19.3 Å². The summed E-state index contributed by atoms with van der Waals surface area (Å²) in [6.07, 6.45) is 3.05. The molecule has 3 rings (SSSR count). The van der Waals surface area contributed by atoms with Gasteiger partial charge in [0.2, 0.25) is 5.91 Å². The maximum absolute atomic E-state index is 12.8. The Balaban J connectivity index is 1.31. The molecular weight excluding hydrogens is 321 g/mol. The molecule has 2 aliphatic heterocycles. The summed E-state index contributed by atoms with van der Waals surface area (Å²) in [7, 11) is 0. The van der Waals surface area contributed by atoms with Gasteiger partial charge in [-0.2, -0.15) is 0 Å². The lowest BCUT2D eigenvalue weighted by Crippen LogP contribution is -2.52. The summed E-state index contributed by atoms with van der Waals surface area (Å²) in [5.41, 5.74) is 0. The van der Waals surface area contributed by atoms with E-state index in [0.717, 1.165) is 65.1 Å². The smallest absolute Gasteiger partial charge is 0.227 e. The third-order valence-electron chi connectivity index (χ3n) is 5.03. The molecule has 1 N–H and O–H groups in total. The van der Waals surface area contributed by atoms with E-state index >= 15 is 0 Å². The second kappa shape index (κ2) is 9.15. The van der Waals surface area contributed by atoms with Crippen molar-refractivity contribution in [2.75, 3.05) is 52.4 Å². The normalized spacial score (nSPS) is 22.0. The van der Waals surface area contributed by atoms with Crippen LogP contribution in [0.5, 0.6) is 5.75 Å². The van der Waals surface area contributed by atoms with Crippen LogP contribution in [0, 0.1) is 11.7 Å². The molecule has 0 aliphatic carbocycles. The molecule has 0 unspecified atom stereocenters. The lowest BCUT2D eigenvalue weighted by molar-refractivity contribution is -0.137. The van der Waals surface area contributed by atoms with E-state index in [2.05, 4.69) is 10.2 Å². The molecule has 138 valence electrons. The minimum atomic E-state index is -0.247. The van der Waals surface area contributed by atoms with Crippen molar-refractivity contribution in [2.45, 2.75) is 19.3 Å². The molecule has 6 heteroatoms. The third kappa shape index (κ3) is 5.41. The van der Waals surface area contributed by atoms with Crippen molar-refractivity contribution < 1.29 is 13.9 Å². The number of rotatable bonds is 6. The fourth-order valence-electron chi connectivity index (χ4n) is 3.52. The number of piperidine rings is 1. The quantitative estimate of drug-likeness (QED) is 0.795. The summed E-state index contributed by atoms with van der Waals surface area (Å²) in [4.78, 5) is 16.9. The van der Waals surface area contributed by atoms with Crippen molar-refractivity contribution in [2.24, 2.45) is 5.92 Å². The summed E-state index contributed by atoms with van der Waals surface area (Å²) in [6.45, 7) is 6.98. The summed E-state index contributed by atoms with van der Waals surface area (Å²) >= 11 is 0. The number of hydrogen-bond donors (Lipinski definition) is 1. The number of nitrogens with one attached hydrogen (secondary N) is 1. The first-order valence-electron chi connectivity index (χ1n) is 9.32. The Morgan fingerprint density at radius 2 is 1.96 bits per heavy atom. The van der Waals surface area contributed by atoms with E-state index in [1.54, 1.807) is 12.1 Å². The van der Waals surface area contributed by atoms with E-state index in [4.69, 9.17) is 4.74 Å². The summed E-state index contributed by atoms with van der Waals surface area (Å²) in [5.74, 6) is 0.956. The molecule has 0 bridgehead atoms. The number of hydrogen-bond acceptors (Lipinski definition) is 4. The molecule has 5 nitrogen and oxygen atoms in total. The Bertz CT molecular complexity index is 538. The molecule has 1 aromatic rings. The summed E-state index contributed by atoms with van der Waals surface area (Å²) in [6, 6.07) is 6.13. The van der Waals surface area contributed by atoms with Crippen LogP contribution in [-0.2, 0) is 4.79 Å². The predicted molar refractivity (Wildman–Crippen MR) is 95.1 cm³/mol. The van der Waals surface area contributed by atoms with Crippen molar-refractivity contribution in [1.29, 1.82) is 0 Å². The number of halogens is 1. The first-order valence-corrected chi connectivity index (χ1v) is 9.32. The molecule has 1 aromatic carbocycles. The van der Waals surface area contributed by atoms with E-state index in [1.165, 1.54) is 12.1 Å². The van der Waals surface area contributed by atoms with Gasteiger partial charge in [0.1, 0.15) is 11.6 Å². The summed E-state index contributed by atoms with van der Waals surface area (Å²) in [5, 5.41) is 3.32. The third-order valence-corrected chi connectivity index (χ3v) is 5.03. The number of amides is 1. The first-order chi connectivity index (χ1) is 12.2. The van der Waals surface area contributed by atoms with Crippen LogP contribution >= 0.6 is 0 Å². The molecule has 25 heavy (non-hydrogen) atoms. The molecule has 2 saturated heterocycles. The average Bonchev–Trinajstić information content (AvgIpc) is 2.67. The van der Waals surface area contributed by atoms with Gasteiger partial charge in [-0.25, -0.2) is 4.39 Å². The van der Waals surface area contributed by atoms with Crippen LogP contribution in [0.2, 0.25) is 0 Å². The Morgan fingerprint density at radius 3 is 2.64 bits per heavy atom. The molecule has 2 aliphatic rings. The van der Waals surface area contributed by atoms with Gasteiger partial charge in [0.25, 0.3) is 0 Å². The first kappa shape index (κ1) is 18.1. The zero-order valence-corrected chi connectivity index (χ0v) is 14.8. The fraction of sp³-hybridized carbons (Fsp3) is 0.632. The molecule has 2 heterocycles. The Morgan fingerprint density at radius 1 is 1.20 bits per heavy atom. The molecule has 0 saturated carbocycles. The van der Waals surface area contributed by atoms with Crippen LogP contribution in [-0.4, -0.2) is 68.1 Å². The van der Waals surface area contributed by atoms with Gasteiger partial charge >= 0.3 is 0 Å². The minimum absolute atomic E-state index is 0.171. The average molecular weight is 349 g/mol. The van der Waals surface area contributed by atoms with Gasteiger partial charge in [0.15, 0.2) is 0 Å². The maximum atomic E-state index is 12.8. The predicted octanol–water partition coefficient (Wildman–Crippen LogP) is 1.74. The van der Waals surface area contributed by atoms with Crippen LogP contribution in [0.4, 0.5) is 4.39 Å². The van der Waals surface area contributed by atoms with Crippen molar-refractivity contribution in [3.8, 4) is 5.75 Å². The van der Waals surface area contributed by atoms with Crippen LogP contribution < -0.4 is 10.1 Å². The molecule has 0 aromatic heterocycles. The van der Waals surface area contributed by atoms with E-state index in [-0.39, 0.29) is 11.7 Å². The van der Waals surface area contributed by atoms with Crippen LogP contribution in [0.3, 0.4) is 0 Å². The second-order valence-corrected chi connectivity index (χ2v) is 6.87. The number of ether oxygens (including phenoxy) is 1. The van der Waals surface area contributed by atoms with Gasteiger partial charge in [-0.1, -0.05) is 0 Å². The second-order valence-electron chi connectivity index (χ2n) is 6.87. The fourth-order valence-corrected chi connectivity index (χ4v) is 3.52. The van der Waals surface area contributed by atoms with E-state index in [9.17, 15) is 9.18 Å². The number of piperazine rings is 1. The zero-order valence-electron chi connectivity index (χ0n) is 14.8. The van der Waals surface area contributed by atoms with Gasteiger partial charge in [0.05, 0.1) is 12.5 Å². The largest absolute Gasteiger partial charge is 0.494 e. The standard InChI is InChI=1S/C19H28FN3O2/c20-17-4-6-18(7-5-17)25-14-2-9-22-10-12-23(13-11-22)19(24)16-3-1-8-21-15-16/h4-7,16,21H,1-3,8-15H2/t16-/m0/s1. The number of nitrogens with zero attached hydrogens (tertiary/aromatic N) is 2. The number of carbonyl (C=O) groups excluding carboxylic acids is 1. The van der Waals surface area contributed by atoms with Gasteiger partial charge in [-0.3, -0.25) is 9.69 Å². The Kier molecular flexibility index (Phi) is 6.64. The highest BCUT2D eigenvalue weighted by atomic mass is 19.1. The highest BCUT2D eigenvalue weighted by Crippen LogP contribution is 2.15. The Labute approximate surface area is 149 Å². The molecule has 0 radical (unpaired) electrons. The lowest BCUT2D eigenvalue weighted by Gasteiger charge is -2.37. The lowest BCUT2D eigenvalue weighted by atomic mass is 9.98. The molecule has 0 spiro atoms. The van der Waals surface area contributed by atoms with Gasteiger partial charge in [-0.05, 0) is 50.1 Å². The molecule has 1 amide bonds. The van der Waals surface area contributed by atoms with E-state index in [0.29, 0.717) is 18.3 Å². The highest BCUT2D eigenvalue weighted by molar-refractivity contribution is 5.79. The summed E-state index contributed by atoms with van der Waals surface area (Å²) < 4.78 is 18.5. The van der Waals surface area contributed by atoms with E-state index in [1.807, 2.05) is 4.90 Å². The van der Waals surface area contributed by atoms with Crippen molar-refractivity contribution in [1.82, 2.24) is 15.1 Å². The van der Waals surface area contributed by atoms with Gasteiger partial charge in [-0.15, -0.1) is 0 Å². The topological polar surface area (TPSA) is 44.8 Å². The maximum Gasteiger partial charge on any atom is 0.227 e. The van der Waals surface area contributed by atoms with Crippen LogP contribution in [0.25, 0.3) is 0 Å². The van der Waals surface area contributed by atoms with Crippen molar-refractivity contribution in [3.63, 3.8) is 0 Å². The van der Waals surface area contributed by atoms with Gasteiger partial charge in [0, 0.05) is 39.3 Å². The number of carbonyl (C=O) groups is 1. The zero-order chi connectivity index (χ0) is 17.5. The molecule has 1 atom stereocenters. The van der Waals surface area contributed by atoms with Crippen LogP contribution in [0.15, 0.2) is 24.3 Å². The highest BCUT2D eigenvalue weighted by Gasteiger charge is 2.28. The van der Waals surface area contributed by atoms with E-state index < -0.39 is 0 Å². The minimum Gasteiger partial charge on any atom is -0.494 e.